The van der Waals surface area contributed by atoms with Crippen LogP contribution in [0.3, 0.4) is 0 Å². The van der Waals surface area contributed by atoms with E-state index in [2.05, 4.69) is 5.32 Å². The minimum atomic E-state index is -0.286. The monoisotopic (exact) mass is 129 g/mol. The van der Waals surface area contributed by atoms with E-state index in [-0.39, 0.29) is 12.2 Å². The van der Waals surface area contributed by atoms with E-state index in [1.54, 1.807) is 0 Å². The first-order valence-corrected chi connectivity index (χ1v) is 2.95. The summed E-state index contributed by atoms with van der Waals surface area (Å²) in [4.78, 5) is 12.5. The lowest BCUT2D eigenvalue weighted by Crippen LogP contribution is -2.57. The van der Waals surface area contributed by atoms with E-state index < -0.39 is 0 Å². The third-order valence-electron chi connectivity index (χ3n) is 1.48. The summed E-state index contributed by atoms with van der Waals surface area (Å²) in [7, 11) is 1.88. The average molecular weight is 129 g/mol. The van der Waals surface area contributed by atoms with Crippen molar-refractivity contribution in [1.82, 2.24) is 10.2 Å². The van der Waals surface area contributed by atoms with Crippen molar-refractivity contribution in [3.05, 3.63) is 0 Å². The Bertz CT molecular complexity index is 125. The van der Waals surface area contributed by atoms with Crippen LogP contribution in [-0.4, -0.2) is 30.7 Å². The summed E-state index contributed by atoms with van der Waals surface area (Å²) in [6, 6.07) is 0. The minimum absolute atomic E-state index is 0.0422. The van der Waals surface area contributed by atoms with Crippen LogP contribution >= 0.6 is 0 Å². The summed E-state index contributed by atoms with van der Waals surface area (Å²) < 4.78 is 0. The molecular weight excluding hydrogens is 118 g/mol. The number of hydrogen-bond donors (Lipinski definition) is 2. The molecule has 3 N–H and O–H groups in total. The molecule has 9 heavy (non-hydrogen) atoms. The van der Waals surface area contributed by atoms with Crippen molar-refractivity contribution in [2.75, 3.05) is 13.6 Å². The fourth-order valence-electron chi connectivity index (χ4n) is 0.764. The van der Waals surface area contributed by atoms with Crippen LogP contribution in [0.2, 0.25) is 0 Å². The van der Waals surface area contributed by atoms with E-state index in [9.17, 15) is 4.79 Å². The molecule has 0 bridgehead atoms. The summed E-state index contributed by atoms with van der Waals surface area (Å²) >= 11 is 0. The molecule has 0 saturated carbocycles. The maximum Gasteiger partial charge on any atom is 0.223 e. The zero-order valence-electron chi connectivity index (χ0n) is 5.42. The van der Waals surface area contributed by atoms with Gasteiger partial charge in [0.05, 0.1) is 0 Å². The Balaban J connectivity index is 2.44. The number of nitrogens with zero attached hydrogens (tertiary/aromatic N) is 1. The second kappa shape index (κ2) is 2.33. The Kier molecular flexibility index (Phi) is 1.68. The van der Waals surface area contributed by atoms with Gasteiger partial charge in [-0.1, -0.05) is 0 Å². The molecule has 1 heterocycles. The quantitative estimate of drug-likeness (QED) is 0.426. The molecule has 1 amide bonds. The van der Waals surface area contributed by atoms with Crippen molar-refractivity contribution in [3.63, 3.8) is 0 Å². The minimum Gasteiger partial charge on any atom is -0.328 e. The van der Waals surface area contributed by atoms with E-state index in [1.807, 2.05) is 11.9 Å². The van der Waals surface area contributed by atoms with Crippen LogP contribution in [0.15, 0.2) is 0 Å². The molecule has 0 aliphatic carbocycles. The van der Waals surface area contributed by atoms with Gasteiger partial charge in [0.2, 0.25) is 5.91 Å². The van der Waals surface area contributed by atoms with Gasteiger partial charge in [-0.15, -0.1) is 0 Å². The van der Waals surface area contributed by atoms with Crippen molar-refractivity contribution < 1.29 is 4.79 Å². The molecule has 4 heteroatoms. The van der Waals surface area contributed by atoms with Gasteiger partial charge in [0.25, 0.3) is 0 Å². The largest absolute Gasteiger partial charge is 0.328 e. The molecule has 52 valence electrons. The number of rotatable bonds is 0. The zero-order chi connectivity index (χ0) is 6.85. The second-order valence-corrected chi connectivity index (χ2v) is 2.24. The third-order valence-corrected chi connectivity index (χ3v) is 1.48. The lowest BCUT2D eigenvalue weighted by Gasteiger charge is -2.29. The molecule has 1 aliphatic rings. The van der Waals surface area contributed by atoms with Gasteiger partial charge in [-0.3, -0.25) is 15.4 Å². The van der Waals surface area contributed by atoms with Crippen molar-refractivity contribution in [2.24, 2.45) is 5.73 Å². The fourth-order valence-corrected chi connectivity index (χ4v) is 0.764. The molecule has 0 aromatic rings. The van der Waals surface area contributed by atoms with Gasteiger partial charge < -0.3 is 5.32 Å². The molecule has 1 aliphatic heterocycles. The Morgan fingerprint density at radius 3 is 3.00 bits per heavy atom. The maximum atomic E-state index is 10.6. The summed E-state index contributed by atoms with van der Waals surface area (Å²) in [5, 5.41) is 2.59. The van der Waals surface area contributed by atoms with Gasteiger partial charge in [0, 0.05) is 13.0 Å². The van der Waals surface area contributed by atoms with Crippen LogP contribution in [0.25, 0.3) is 0 Å². The molecule has 0 aromatic heterocycles. The molecule has 1 fully saturated rings. The first kappa shape index (κ1) is 6.51. The average Bonchev–Trinajstić information content (AvgIpc) is 1.80. The molecule has 1 unspecified atom stereocenters. The van der Waals surface area contributed by atoms with Crippen molar-refractivity contribution in [1.29, 1.82) is 0 Å². The number of nitrogens with two attached hydrogens (primary N) is 1. The van der Waals surface area contributed by atoms with E-state index >= 15 is 0 Å². The molecule has 4 nitrogen and oxygen atoms in total. The Labute approximate surface area is 54.0 Å². The number of carbonyl (C=O) groups excluding carboxylic acids is 1. The number of carbonyl (C=O) groups is 1. The summed E-state index contributed by atoms with van der Waals surface area (Å²) in [6.45, 7) is 0.757. The van der Waals surface area contributed by atoms with Crippen LogP contribution < -0.4 is 11.1 Å². The highest BCUT2D eigenvalue weighted by atomic mass is 16.2. The number of amides is 1. The Morgan fingerprint density at radius 1 is 1.89 bits per heavy atom. The van der Waals surface area contributed by atoms with Crippen LogP contribution in [-0.2, 0) is 4.79 Å². The van der Waals surface area contributed by atoms with Gasteiger partial charge in [-0.25, -0.2) is 0 Å². The van der Waals surface area contributed by atoms with Crippen molar-refractivity contribution in [2.45, 2.75) is 12.7 Å². The SMILES string of the molecule is CN1CCC(=O)NC1N. The van der Waals surface area contributed by atoms with Crippen LogP contribution in [0.1, 0.15) is 6.42 Å². The van der Waals surface area contributed by atoms with E-state index in [0.29, 0.717) is 6.42 Å². The van der Waals surface area contributed by atoms with Crippen molar-refractivity contribution >= 4 is 5.91 Å². The van der Waals surface area contributed by atoms with Gasteiger partial charge in [0.15, 0.2) is 0 Å². The van der Waals surface area contributed by atoms with E-state index in [1.165, 1.54) is 0 Å². The van der Waals surface area contributed by atoms with Crippen LogP contribution in [0.4, 0.5) is 0 Å². The fraction of sp³-hybridized carbons (Fsp3) is 0.800. The number of nitrogens with one attached hydrogen (secondary N) is 1. The van der Waals surface area contributed by atoms with E-state index in [4.69, 9.17) is 5.73 Å². The molecule has 1 atom stereocenters. The molecule has 1 saturated heterocycles. The third kappa shape index (κ3) is 1.40. The highest BCUT2D eigenvalue weighted by molar-refractivity contribution is 5.76. The normalized spacial score (nSPS) is 30.0. The summed E-state index contributed by atoms with van der Waals surface area (Å²) in [5.74, 6) is 0.0422. The zero-order valence-corrected chi connectivity index (χ0v) is 5.42. The van der Waals surface area contributed by atoms with Gasteiger partial charge in [0.1, 0.15) is 6.29 Å². The predicted octanol–water partition coefficient (Wildman–Crippen LogP) is -1.32. The maximum absolute atomic E-state index is 10.6. The molecule has 0 radical (unpaired) electrons. The summed E-state index contributed by atoms with van der Waals surface area (Å²) in [6.07, 6.45) is 0.274. The highest BCUT2D eigenvalue weighted by Crippen LogP contribution is 1.95. The van der Waals surface area contributed by atoms with Gasteiger partial charge in [-0.05, 0) is 7.05 Å². The molecule has 1 rings (SSSR count). The van der Waals surface area contributed by atoms with Crippen LogP contribution in [0, 0.1) is 0 Å². The van der Waals surface area contributed by atoms with Crippen molar-refractivity contribution in [3.8, 4) is 0 Å². The first-order valence-electron chi connectivity index (χ1n) is 2.95. The standard InChI is InChI=1S/C5H11N3O/c1-8-3-2-4(9)7-5(8)6/h5H,2-3,6H2,1H3,(H,7,9). The topological polar surface area (TPSA) is 58.4 Å². The predicted molar refractivity (Wildman–Crippen MR) is 33.4 cm³/mol. The van der Waals surface area contributed by atoms with E-state index in [0.717, 1.165) is 6.54 Å². The summed E-state index contributed by atoms with van der Waals surface area (Å²) in [5.41, 5.74) is 5.46. The highest BCUT2D eigenvalue weighted by Gasteiger charge is 2.18. The molecule has 0 aromatic carbocycles. The smallest absolute Gasteiger partial charge is 0.223 e. The van der Waals surface area contributed by atoms with Gasteiger partial charge >= 0.3 is 0 Å². The van der Waals surface area contributed by atoms with Gasteiger partial charge in [-0.2, -0.15) is 0 Å². The lowest BCUT2D eigenvalue weighted by atomic mass is 10.3. The first-order chi connectivity index (χ1) is 4.20. The van der Waals surface area contributed by atoms with Crippen LogP contribution in [0.5, 0.6) is 0 Å². The lowest BCUT2D eigenvalue weighted by molar-refractivity contribution is -0.125. The second-order valence-electron chi connectivity index (χ2n) is 2.24. The molecule has 0 spiro atoms. The molecular formula is C5H11N3O. The Hall–Kier alpha value is -0.610. The number of hydrogen-bond acceptors (Lipinski definition) is 3. The Morgan fingerprint density at radius 2 is 2.56 bits per heavy atom.